The van der Waals surface area contributed by atoms with E-state index in [-0.39, 0.29) is 13.5 Å². The van der Waals surface area contributed by atoms with Crippen LogP contribution < -0.4 is 0 Å². The molecule has 3 heteroatoms. The first-order chi connectivity index (χ1) is 18.7. The summed E-state index contributed by atoms with van der Waals surface area (Å²) in [6.45, 7) is 14.0. The van der Waals surface area contributed by atoms with Crippen molar-refractivity contribution < 1.29 is 0 Å². The second-order valence-electron chi connectivity index (χ2n) is 12.4. The maximum Gasteiger partial charge on any atom is -2.00 e. The molecule has 0 amide bonds. The van der Waals surface area contributed by atoms with E-state index >= 15 is 0 Å². The summed E-state index contributed by atoms with van der Waals surface area (Å²) in [6.07, 6.45) is 35.8. The molecule has 39 heavy (non-hydrogen) atoms. The summed E-state index contributed by atoms with van der Waals surface area (Å²) < 4.78 is 10.3. The minimum absolute atomic E-state index is 0. The van der Waals surface area contributed by atoms with Gasteiger partial charge in [0.1, 0.15) is 0 Å². The van der Waals surface area contributed by atoms with Crippen LogP contribution in [0.1, 0.15) is 196 Å². The molecule has 0 aromatic heterocycles. The number of hydrogen-bond donors (Lipinski definition) is 0. The summed E-state index contributed by atoms with van der Waals surface area (Å²) >= 11 is -1.90. The van der Waals surface area contributed by atoms with Gasteiger partial charge >= 0.3 is 262 Å². The van der Waals surface area contributed by atoms with E-state index in [1.54, 1.807) is 65.1 Å². The van der Waals surface area contributed by atoms with Crippen LogP contribution in [-0.2, 0) is 13.5 Å². The van der Waals surface area contributed by atoms with Crippen LogP contribution >= 0.6 is 0 Å². The summed E-state index contributed by atoms with van der Waals surface area (Å²) in [5.41, 5.74) is 0. The fourth-order valence-corrected chi connectivity index (χ4v) is 22.7. The molecule has 236 valence electrons. The Morgan fingerprint density at radius 3 is 0.513 bits per heavy atom. The molecule has 0 atom stereocenters. The molecule has 0 fully saturated rings. The van der Waals surface area contributed by atoms with Gasteiger partial charge in [-0.1, -0.05) is 0 Å². The Morgan fingerprint density at radius 2 is 0.385 bits per heavy atom. The second kappa shape index (κ2) is 42.1. The van der Waals surface area contributed by atoms with Gasteiger partial charge < -0.3 is 13.5 Å². The van der Waals surface area contributed by atoms with E-state index in [0.29, 0.717) is 0 Å². The van der Waals surface area contributed by atoms with Gasteiger partial charge in [0.2, 0.25) is 0 Å². The van der Waals surface area contributed by atoms with Gasteiger partial charge in [-0.05, 0) is 0 Å². The van der Waals surface area contributed by atoms with Crippen LogP contribution in [0.2, 0.25) is 26.6 Å². The molecular weight excluding hydrogens is 702 g/mol. The van der Waals surface area contributed by atoms with E-state index in [1.165, 1.54) is 116 Å². The molecule has 0 rings (SSSR count). The van der Waals surface area contributed by atoms with Crippen LogP contribution in [-0.4, -0.2) is 39.5 Å². The van der Waals surface area contributed by atoms with E-state index in [9.17, 15) is 0 Å². The molecule has 0 aromatic carbocycles. The number of rotatable bonds is 30. The fourth-order valence-electron chi connectivity index (χ4n) is 5.56. The Kier molecular flexibility index (Phi) is 49.0. The smallest absolute Gasteiger partial charge is 2.00 e. The van der Waals surface area contributed by atoms with E-state index in [4.69, 9.17) is 0 Å². The zero-order valence-electron chi connectivity index (χ0n) is 28.6. The first kappa shape index (κ1) is 45.4. The molecule has 0 bridgehead atoms. The normalized spacial score (nSPS) is 10.6. The van der Waals surface area contributed by atoms with Crippen LogP contribution in [0.4, 0.5) is 0 Å². The third kappa shape index (κ3) is 39.9. The van der Waals surface area contributed by atoms with E-state index < -0.39 is 39.5 Å². The maximum atomic E-state index is 2.33. The van der Waals surface area contributed by atoms with Crippen molar-refractivity contribution in [2.75, 3.05) is 0 Å². The van der Waals surface area contributed by atoms with Crippen LogP contribution in [0.5, 0.6) is 0 Å². The largest absolute Gasteiger partial charge is 2.00 e. The van der Waals surface area contributed by atoms with Gasteiger partial charge in [0, 0.05) is 0 Å². The number of unbranched alkanes of at least 4 members (excludes halogenated alkanes) is 18. The molecule has 0 aromatic rings. The molecular formula is C36H78SSn2. The van der Waals surface area contributed by atoms with Crippen molar-refractivity contribution >= 4 is 53.0 Å². The van der Waals surface area contributed by atoms with Crippen LogP contribution in [0.3, 0.4) is 0 Å². The molecule has 0 unspecified atom stereocenters. The first-order valence-electron chi connectivity index (χ1n) is 18.4. The molecule has 0 heterocycles. The molecule has 0 spiro atoms. The average molecular weight is 781 g/mol. The summed E-state index contributed by atoms with van der Waals surface area (Å²) in [5, 5.41) is 0. The molecule has 0 saturated heterocycles. The standard InChI is InChI=1S/6C6H13.S.2Sn/c6*1-3-5-6-4-2;;;/h6*1,3-6H2,2H3;;;/q;;;;;;-2;2*+1. The third-order valence-corrected chi connectivity index (χ3v) is 26.5. The SMILES string of the molecule is CCCCC[CH2][Sn+]([CH2]CCCCC)[CH2]CCCCC.CCCCC[CH2][Sn+]([CH2]CCCCC)[CH2]CCCCC.[S-2]. The molecule has 0 aliphatic rings. The predicted octanol–water partition coefficient (Wildman–Crippen LogP) is 14.4. The zero-order chi connectivity index (χ0) is 28.4. The zero-order valence-corrected chi connectivity index (χ0v) is 35.1. The minimum Gasteiger partial charge on any atom is -2.00 e. The molecule has 0 nitrogen and oxygen atoms in total. The van der Waals surface area contributed by atoms with Gasteiger partial charge in [-0.2, -0.15) is 0 Å². The first-order valence-corrected chi connectivity index (χ1v) is 30.5. The fraction of sp³-hybridized carbons (Fsp3) is 1.00. The van der Waals surface area contributed by atoms with E-state index in [1.807, 2.05) is 0 Å². The average Bonchev–Trinajstić information content (AvgIpc) is 2.93. The van der Waals surface area contributed by atoms with Gasteiger partial charge in [0.05, 0.1) is 0 Å². The Hall–Kier alpha value is 1.95. The third-order valence-electron chi connectivity index (χ3n) is 8.30. The van der Waals surface area contributed by atoms with Crippen molar-refractivity contribution in [3.8, 4) is 0 Å². The minimum atomic E-state index is -0.948. The van der Waals surface area contributed by atoms with Crippen molar-refractivity contribution in [3.05, 3.63) is 0 Å². The van der Waals surface area contributed by atoms with Crippen LogP contribution in [0, 0.1) is 0 Å². The van der Waals surface area contributed by atoms with Crippen molar-refractivity contribution in [1.82, 2.24) is 0 Å². The van der Waals surface area contributed by atoms with Crippen molar-refractivity contribution in [3.63, 3.8) is 0 Å². The summed E-state index contributed by atoms with van der Waals surface area (Å²) in [4.78, 5) is 0. The van der Waals surface area contributed by atoms with Gasteiger partial charge in [-0.3, -0.25) is 0 Å². The van der Waals surface area contributed by atoms with Crippen LogP contribution in [0.25, 0.3) is 0 Å². The monoisotopic (exact) mass is 782 g/mol. The Bertz CT molecular complexity index is 297. The van der Waals surface area contributed by atoms with Crippen molar-refractivity contribution in [2.24, 2.45) is 0 Å². The molecule has 0 N–H and O–H groups in total. The molecule has 0 aliphatic carbocycles. The number of hydrogen-bond acceptors (Lipinski definition) is 0. The molecule has 0 radical (unpaired) electrons. The summed E-state index contributed by atoms with van der Waals surface area (Å²) in [5.74, 6) is 0. The Morgan fingerprint density at radius 1 is 0.231 bits per heavy atom. The van der Waals surface area contributed by atoms with Crippen molar-refractivity contribution in [1.29, 1.82) is 0 Å². The summed E-state index contributed by atoms with van der Waals surface area (Å²) in [7, 11) is 0. The Labute approximate surface area is 273 Å². The van der Waals surface area contributed by atoms with Crippen LogP contribution in [0.15, 0.2) is 0 Å². The summed E-state index contributed by atoms with van der Waals surface area (Å²) in [6, 6.07) is 0. The van der Waals surface area contributed by atoms with Crippen molar-refractivity contribution in [2.45, 2.75) is 222 Å². The van der Waals surface area contributed by atoms with E-state index in [0.717, 1.165) is 0 Å². The molecule has 0 aliphatic heterocycles. The van der Waals surface area contributed by atoms with Gasteiger partial charge in [-0.15, -0.1) is 0 Å². The second-order valence-corrected chi connectivity index (χ2v) is 29.5. The topological polar surface area (TPSA) is 0 Å². The van der Waals surface area contributed by atoms with Gasteiger partial charge in [0.25, 0.3) is 0 Å². The quantitative estimate of drug-likeness (QED) is 0.0503. The van der Waals surface area contributed by atoms with Gasteiger partial charge in [0.15, 0.2) is 0 Å². The predicted molar refractivity (Wildman–Crippen MR) is 193 cm³/mol. The van der Waals surface area contributed by atoms with Gasteiger partial charge in [-0.25, -0.2) is 0 Å². The molecule has 0 saturated carbocycles. The maximum absolute atomic E-state index is 2.33. The Balaban J connectivity index is -0.000000648. The van der Waals surface area contributed by atoms with E-state index in [2.05, 4.69) is 41.5 Å².